The fraction of sp³-hybridized carbons (Fsp3) is 0.0545. The van der Waals surface area contributed by atoms with Crippen LogP contribution in [0.1, 0.15) is 18.4 Å². The summed E-state index contributed by atoms with van der Waals surface area (Å²) in [4.78, 5) is 2.40. The fourth-order valence-electron chi connectivity index (χ4n) is 8.48. The Balaban J connectivity index is 1.02. The third kappa shape index (κ3) is 6.80. The van der Waals surface area contributed by atoms with Gasteiger partial charge in [-0.25, -0.2) is 0 Å². The Kier molecular flexibility index (Phi) is 9.50. The van der Waals surface area contributed by atoms with Crippen LogP contribution < -0.4 is 10.2 Å². The van der Waals surface area contributed by atoms with E-state index in [1.807, 2.05) is 17.4 Å². The lowest BCUT2D eigenvalue weighted by molar-refractivity contribution is 0.628. The van der Waals surface area contributed by atoms with Crippen molar-refractivity contribution in [3.63, 3.8) is 0 Å². The smallest absolute Gasteiger partial charge is 0.0464 e. The predicted molar refractivity (Wildman–Crippen MR) is 250 cm³/mol. The molecule has 0 spiro atoms. The molecule has 2 nitrogen and oxygen atoms in total. The van der Waals surface area contributed by atoms with Crippen molar-refractivity contribution in [1.29, 1.82) is 0 Å². The summed E-state index contributed by atoms with van der Waals surface area (Å²) in [6.45, 7) is 2.33. The molecular formula is C55H42N2S. The molecule has 1 aliphatic carbocycles. The second-order valence-electron chi connectivity index (χ2n) is 15.0. The first-order chi connectivity index (χ1) is 28.7. The molecule has 1 heterocycles. The van der Waals surface area contributed by atoms with E-state index in [4.69, 9.17) is 0 Å². The van der Waals surface area contributed by atoms with Gasteiger partial charge in [0.1, 0.15) is 0 Å². The number of benzene rings is 8. The van der Waals surface area contributed by atoms with Gasteiger partial charge in [-0.05, 0) is 82.3 Å². The van der Waals surface area contributed by atoms with Crippen molar-refractivity contribution >= 4 is 54.3 Å². The number of thiophene rings is 1. The zero-order chi connectivity index (χ0) is 38.8. The monoisotopic (exact) mass is 762 g/mol. The van der Waals surface area contributed by atoms with Gasteiger partial charge in [0.25, 0.3) is 0 Å². The molecule has 0 bridgehead atoms. The molecule has 9 aromatic rings. The van der Waals surface area contributed by atoms with Crippen LogP contribution in [0.25, 0.3) is 53.6 Å². The van der Waals surface area contributed by atoms with Crippen molar-refractivity contribution in [2.75, 3.05) is 10.2 Å². The van der Waals surface area contributed by atoms with Gasteiger partial charge in [0.15, 0.2) is 0 Å². The molecule has 1 aromatic heterocycles. The summed E-state index contributed by atoms with van der Waals surface area (Å²) >= 11 is 1.89. The molecule has 8 aromatic carbocycles. The van der Waals surface area contributed by atoms with E-state index in [0.717, 1.165) is 22.7 Å². The molecule has 0 saturated carbocycles. The number of nitrogens with zero attached hydrogens (tertiary/aromatic N) is 1. The molecule has 0 fully saturated rings. The Bertz CT molecular complexity index is 2910. The summed E-state index contributed by atoms with van der Waals surface area (Å²) in [6, 6.07) is 72.1. The molecule has 3 heteroatoms. The number of allylic oxidation sites excluding steroid dienone is 3. The number of hydrogen-bond acceptors (Lipinski definition) is 3. The Morgan fingerprint density at radius 2 is 1.00 bits per heavy atom. The summed E-state index contributed by atoms with van der Waals surface area (Å²) in [5.74, 6) is 0.676. The molecule has 10 rings (SSSR count). The van der Waals surface area contributed by atoms with Crippen LogP contribution in [0, 0.1) is 5.92 Å². The SMILES string of the molecule is CC1C=C(N(c2ccc(-c3ccccc3)cc2)c2ccc(-c3cccc4c3sc3c(-c5ccccc5Nc5ccccc5)cccc34)cc2)C=CC1c1ccccc1. The largest absolute Gasteiger partial charge is 0.355 e. The predicted octanol–water partition coefficient (Wildman–Crippen LogP) is 15.8. The molecular weight excluding hydrogens is 721 g/mol. The number of para-hydroxylation sites is 2. The highest BCUT2D eigenvalue weighted by Gasteiger charge is 2.23. The third-order valence-electron chi connectivity index (χ3n) is 11.4. The van der Waals surface area contributed by atoms with Gasteiger partial charge in [-0.15, -0.1) is 11.3 Å². The molecule has 0 saturated heterocycles. The van der Waals surface area contributed by atoms with Crippen molar-refractivity contribution in [1.82, 2.24) is 0 Å². The van der Waals surface area contributed by atoms with Crippen molar-refractivity contribution < 1.29 is 0 Å². The number of hydrogen-bond donors (Lipinski definition) is 1. The fourth-order valence-corrected chi connectivity index (χ4v) is 9.84. The maximum Gasteiger partial charge on any atom is 0.0464 e. The van der Waals surface area contributed by atoms with E-state index >= 15 is 0 Å². The molecule has 0 radical (unpaired) electrons. The van der Waals surface area contributed by atoms with Gasteiger partial charge >= 0.3 is 0 Å². The average Bonchev–Trinajstić information content (AvgIpc) is 3.68. The maximum atomic E-state index is 3.67. The van der Waals surface area contributed by atoms with Crippen molar-refractivity contribution in [3.8, 4) is 33.4 Å². The molecule has 0 amide bonds. The van der Waals surface area contributed by atoms with Gasteiger partial charge in [0.05, 0.1) is 0 Å². The summed E-state index contributed by atoms with van der Waals surface area (Å²) in [5, 5.41) is 6.25. The minimum atomic E-state index is 0.337. The molecule has 278 valence electrons. The summed E-state index contributed by atoms with van der Waals surface area (Å²) in [6.07, 6.45) is 7.11. The van der Waals surface area contributed by atoms with Gasteiger partial charge in [0, 0.05) is 65.7 Å². The highest BCUT2D eigenvalue weighted by Crippen LogP contribution is 2.46. The zero-order valence-electron chi connectivity index (χ0n) is 32.3. The Morgan fingerprint density at radius 3 is 1.67 bits per heavy atom. The second-order valence-corrected chi connectivity index (χ2v) is 16.1. The van der Waals surface area contributed by atoms with E-state index < -0.39 is 0 Å². The first kappa shape index (κ1) is 35.5. The van der Waals surface area contributed by atoms with Crippen LogP contribution in [-0.4, -0.2) is 0 Å². The molecule has 1 aliphatic rings. The van der Waals surface area contributed by atoms with Crippen LogP contribution in [0.3, 0.4) is 0 Å². The molecule has 0 aliphatic heterocycles. The summed E-state index contributed by atoms with van der Waals surface area (Å²) in [5.41, 5.74) is 14.3. The minimum Gasteiger partial charge on any atom is -0.355 e. The van der Waals surface area contributed by atoms with E-state index in [1.54, 1.807) is 0 Å². The van der Waals surface area contributed by atoms with Crippen molar-refractivity contribution in [2.45, 2.75) is 12.8 Å². The minimum absolute atomic E-state index is 0.337. The van der Waals surface area contributed by atoms with E-state index in [0.29, 0.717) is 11.8 Å². The highest BCUT2D eigenvalue weighted by molar-refractivity contribution is 7.26. The van der Waals surface area contributed by atoms with Crippen LogP contribution in [0.5, 0.6) is 0 Å². The van der Waals surface area contributed by atoms with Crippen LogP contribution >= 0.6 is 11.3 Å². The maximum absolute atomic E-state index is 3.67. The molecule has 2 atom stereocenters. The zero-order valence-corrected chi connectivity index (χ0v) is 33.1. The third-order valence-corrected chi connectivity index (χ3v) is 12.7. The lowest BCUT2D eigenvalue weighted by atomic mass is 9.83. The molecule has 58 heavy (non-hydrogen) atoms. The van der Waals surface area contributed by atoms with Gasteiger partial charge in [-0.3, -0.25) is 0 Å². The van der Waals surface area contributed by atoms with Crippen LogP contribution in [0.15, 0.2) is 224 Å². The van der Waals surface area contributed by atoms with Crippen LogP contribution in [0.4, 0.5) is 22.7 Å². The van der Waals surface area contributed by atoms with Gasteiger partial charge in [-0.2, -0.15) is 0 Å². The lowest BCUT2D eigenvalue weighted by Crippen LogP contribution is -2.20. The Labute approximate surface area is 344 Å². The van der Waals surface area contributed by atoms with Crippen LogP contribution in [0.2, 0.25) is 0 Å². The number of rotatable bonds is 9. The van der Waals surface area contributed by atoms with E-state index in [9.17, 15) is 0 Å². The van der Waals surface area contributed by atoms with Crippen molar-refractivity contribution in [3.05, 3.63) is 230 Å². The van der Waals surface area contributed by atoms with Gasteiger partial charge in [-0.1, -0.05) is 177 Å². The standard InChI is InChI=1S/C55H42N2S/c1-38-37-46(35-36-47(38)41-17-7-3-8-18-41)57(44-31-27-40(28-32-44)39-15-5-2-6-16-39)45-33-29-42(30-34-45)48-22-13-24-51-52-25-14-23-50(55(52)58-54(48)51)49-21-11-12-26-53(49)56-43-19-9-4-10-20-43/h2-38,47,56H,1H3. The summed E-state index contributed by atoms with van der Waals surface area (Å²) in [7, 11) is 0. The lowest BCUT2D eigenvalue weighted by Gasteiger charge is -2.31. The normalized spacial score (nSPS) is 15.0. The van der Waals surface area contributed by atoms with E-state index in [1.165, 1.54) is 64.8 Å². The number of fused-ring (bicyclic) bond motifs is 3. The average molecular weight is 763 g/mol. The van der Waals surface area contributed by atoms with E-state index in [2.05, 4.69) is 229 Å². The van der Waals surface area contributed by atoms with Gasteiger partial charge in [0.2, 0.25) is 0 Å². The van der Waals surface area contributed by atoms with Crippen molar-refractivity contribution in [2.24, 2.45) is 5.92 Å². The van der Waals surface area contributed by atoms with Gasteiger partial charge < -0.3 is 10.2 Å². The highest BCUT2D eigenvalue weighted by atomic mass is 32.1. The molecule has 2 unspecified atom stereocenters. The Morgan fingerprint density at radius 1 is 0.466 bits per heavy atom. The quantitative estimate of drug-likeness (QED) is 0.158. The topological polar surface area (TPSA) is 15.3 Å². The molecule has 1 N–H and O–H groups in total. The van der Waals surface area contributed by atoms with Crippen LogP contribution in [-0.2, 0) is 0 Å². The number of nitrogens with one attached hydrogen (secondary N) is 1. The van der Waals surface area contributed by atoms with E-state index in [-0.39, 0.29) is 0 Å². The second kappa shape index (κ2) is 15.5. The number of anilines is 4. The summed E-state index contributed by atoms with van der Waals surface area (Å²) < 4.78 is 2.60. The first-order valence-electron chi connectivity index (χ1n) is 20.0. The first-order valence-corrected chi connectivity index (χ1v) is 20.9. The Hall–Kier alpha value is -6.94.